The van der Waals surface area contributed by atoms with Gasteiger partial charge in [-0.2, -0.15) is 0 Å². The topological polar surface area (TPSA) is 93.9 Å². The molecule has 1 aliphatic rings. The number of hydrogen-bond acceptors (Lipinski definition) is 6. The molecule has 2 aromatic carbocycles. The Balaban J connectivity index is 1.27. The van der Waals surface area contributed by atoms with E-state index in [9.17, 15) is 22.8 Å². The van der Waals surface area contributed by atoms with E-state index in [0.29, 0.717) is 43.3 Å². The summed E-state index contributed by atoms with van der Waals surface area (Å²) in [5.74, 6) is -0.511. The van der Waals surface area contributed by atoms with Crippen LogP contribution in [-0.2, 0) is 22.5 Å². The van der Waals surface area contributed by atoms with E-state index in [1.165, 1.54) is 18.4 Å². The molecule has 35 heavy (non-hydrogen) atoms. The summed E-state index contributed by atoms with van der Waals surface area (Å²) in [5, 5.41) is 2.77. The Hall–Kier alpha value is -3.86. The van der Waals surface area contributed by atoms with Gasteiger partial charge < -0.3 is 24.1 Å². The number of benzene rings is 2. The van der Waals surface area contributed by atoms with Gasteiger partial charge in [0.25, 0.3) is 5.91 Å². The normalized spacial score (nSPS) is 14.0. The zero-order valence-electron chi connectivity index (χ0n) is 18.5. The highest BCUT2D eigenvalue weighted by molar-refractivity contribution is 5.92. The maximum atomic E-state index is 12.5. The molecule has 2 heterocycles. The fourth-order valence-corrected chi connectivity index (χ4v) is 3.46. The van der Waals surface area contributed by atoms with Crippen molar-refractivity contribution in [2.24, 2.45) is 0 Å². The molecule has 0 bridgehead atoms. The molecule has 3 aromatic rings. The Morgan fingerprint density at radius 1 is 1.00 bits per heavy atom. The average Bonchev–Trinajstić information content (AvgIpc) is 3.34. The van der Waals surface area contributed by atoms with E-state index in [2.05, 4.69) is 15.0 Å². The van der Waals surface area contributed by atoms with Crippen molar-refractivity contribution in [1.29, 1.82) is 0 Å². The van der Waals surface area contributed by atoms with Crippen molar-refractivity contribution < 1.29 is 36.7 Å². The fraction of sp³-hybridized carbons (Fsp3) is 0.292. The van der Waals surface area contributed by atoms with Crippen LogP contribution in [0.3, 0.4) is 0 Å². The zero-order valence-corrected chi connectivity index (χ0v) is 18.5. The molecule has 11 heteroatoms. The van der Waals surface area contributed by atoms with E-state index in [0.717, 1.165) is 17.7 Å². The minimum absolute atomic E-state index is 0.0145. The Morgan fingerprint density at radius 2 is 1.66 bits per heavy atom. The minimum Gasteiger partial charge on any atom is -0.444 e. The van der Waals surface area contributed by atoms with Gasteiger partial charge in [0.15, 0.2) is 5.69 Å². The molecule has 4 rings (SSSR count). The standard InChI is InChI=1S/C24H22F3N3O5/c25-24(26,27)35-19-7-3-16(4-8-19)13-21(31)28-14-17-1-5-18(6-2-17)22-29-20(15-34-22)23(32)30-9-11-33-12-10-30/h1-8,15H,9-14H2,(H,28,31). The highest BCUT2D eigenvalue weighted by Gasteiger charge is 2.31. The SMILES string of the molecule is O=C(Cc1ccc(OC(F)(F)F)cc1)NCc1ccc(-c2nc(C(=O)N3CCOCC3)co2)cc1. The molecule has 184 valence electrons. The number of nitrogens with one attached hydrogen (secondary N) is 1. The Kier molecular flexibility index (Phi) is 7.35. The smallest absolute Gasteiger partial charge is 0.444 e. The summed E-state index contributed by atoms with van der Waals surface area (Å²) in [4.78, 5) is 30.7. The second-order valence-corrected chi connectivity index (χ2v) is 7.78. The first-order chi connectivity index (χ1) is 16.8. The predicted molar refractivity (Wildman–Crippen MR) is 117 cm³/mol. The van der Waals surface area contributed by atoms with Crippen LogP contribution in [0, 0.1) is 0 Å². The highest BCUT2D eigenvalue weighted by atomic mass is 19.4. The van der Waals surface area contributed by atoms with Gasteiger partial charge in [0.05, 0.1) is 19.6 Å². The number of morpholine rings is 1. The zero-order chi connectivity index (χ0) is 24.8. The number of nitrogens with zero attached hydrogens (tertiary/aromatic N) is 2. The van der Waals surface area contributed by atoms with Crippen LogP contribution >= 0.6 is 0 Å². The average molecular weight is 489 g/mol. The second kappa shape index (κ2) is 10.6. The molecular weight excluding hydrogens is 467 g/mol. The van der Waals surface area contributed by atoms with Gasteiger partial charge in [0.1, 0.15) is 12.0 Å². The number of carbonyl (C=O) groups excluding carboxylic acids is 2. The van der Waals surface area contributed by atoms with Crippen molar-refractivity contribution in [3.63, 3.8) is 0 Å². The maximum absolute atomic E-state index is 12.5. The summed E-state index contributed by atoms with van der Waals surface area (Å²) < 4.78 is 51.2. The van der Waals surface area contributed by atoms with Gasteiger partial charge in [-0.1, -0.05) is 24.3 Å². The van der Waals surface area contributed by atoms with E-state index >= 15 is 0 Å². The number of rotatable bonds is 7. The van der Waals surface area contributed by atoms with Crippen LogP contribution in [-0.4, -0.2) is 54.4 Å². The highest BCUT2D eigenvalue weighted by Crippen LogP contribution is 2.23. The third kappa shape index (κ3) is 6.82. The van der Waals surface area contributed by atoms with E-state index in [1.807, 2.05) is 0 Å². The van der Waals surface area contributed by atoms with Gasteiger partial charge in [0.2, 0.25) is 11.8 Å². The van der Waals surface area contributed by atoms with E-state index in [1.54, 1.807) is 29.2 Å². The lowest BCUT2D eigenvalue weighted by Crippen LogP contribution is -2.40. The van der Waals surface area contributed by atoms with Crippen LogP contribution in [0.2, 0.25) is 0 Å². The second-order valence-electron chi connectivity index (χ2n) is 7.78. The molecule has 0 radical (unpaired) electrons. The molecule has 2 amide bonds. The number of carbonyl (C=O) groups is 2. The van der Waals surface area contributed by atoms with Crippen LogP contribution in [0.25, 0.3) is 11.5 Å². The van der Waals surface area contributed by atoms with Crippen molar-refractivity contribution >= 4 is 11.8 Å². The van der Waals surface area contributed by atoms with Crippen molar-refractivity contribution in [1.82, 2.24) is 15.2 Å². The lowest BCUT2D eigenvalue weighted by molar-refractivity contribution is -0.274. The lowest BCUT2D eigenvalue weighted by Gasteiger charge is -2.25. The summed E-state index contributed by atoms with van der Waals surface area (Å²) >= 11 is 0. The number of halogens is 3. The molecular formula is C24H22F3N3O5. The summed E-state index contributed by atoms with van der Waals surface area (Å²) in [6.07, 6.45) is -3.41. The third-order valence-corrected chi connectivity index (χ3v) is 5.23. The van der Waals surface area contributed by atoms with Crippen LogP contribution in [0.1, 0.15) is 21.6 Å². The van der Waals surface area contributed by atoms with Crippen molar-refractivity contribution in [3.05, 3.63) is 71.6 Å². The summed E-state index contributed by atoms with van der Waals surface area (Å²) in [5.41, 5.74) is 2.30. The number of ether oxygens (including phenoxy) is 2. The number of alkyl halides is 3. The molecule has 0 unspecified atom stereocenters. The quantitative estimate of drug-likeness (QED) is 0.546. The van der Waals surface area contributed by atoms with Crippen LogP contribution < -0.4 is 10.1 Å². The number of amides is 2. The first kappa shape index (κ1) is 24.3. The molecule has 1 saturated heterocycles. The maximum Gasteiger partial charge on any atom is 0.573 e. The molecule has 1 fully saturated rings. The molecule has 0 spiro atoms. The minimum atomic E-state index is -4.76. The summed E-state index contributed by atoms with van der Waals surface area (Å²) in [7, 11) is 0. The monoisotopic (exact) mass is 489 g/mol. The largest absolute Gasteiger partial charge is 0.573 e. The van der Waals surface area contributed by atoms with E-state index in [-0.39, 0.29) is 36.2 Å². The molecule has 8 nitrogen and oxygen atoms in total. The van der Waals surface area contributed by atoms with Crippen LogP contribution in [0.15, 0.2) is 59.2 Å². The first-order valence-corrected chi connectivity index (χ1v) is 10.8. The molecule has 1 N–H and O–H groups in total. The van der Waals surface area contributed by atoms with Crippen molar-refractivity contribution in [2.45, 2.75) is 19.3 Å². The fourth-order valence-electron chi connectivity index (χ4n) is 3.46. The molecule has 0 aliphatic carbocycles. The number of hydrogen-bond donors (Lipinski definition) is 1. The van der Waals surface area contributed by atoms with Gasteiger partial charge in [-0.05, 0) is 35.4 Å². The van der Waals surface area contributed by atoms with Crippen LogP contribution in [0.4, 0.5) is 13.2 Å². The molecule has 0 atom stereocenters. The van der Waals surface area contributed by atoms with Gasteiger partial charge in [-0.25, -0.2) is 4.98 Å². The van der Waals surface area contributed by atoms with Gasteiger partial charge >= 0.3 is 6.36 Å². The van der Waals surface area contributed by atoms with Gasteiger partial charge in [0, 0.05) is 25.2 Å². The van der Waals surface area contributed by atoms with Gasteiger partial charge in [-0.15, -0.1) is 13.2 Å². The first-order valence-electron chi connectivity index (χ1n) is 10.8. The van der Waals surface area contributed by atoms with Crippen LogP contribution in [0.5, 0.6) is 5.75 Å². The predicted octanol–water partition coefficient (Wildman–Crippen LogP) is 3.57. The molecule has 1 aromatic heterocycles. The third-order valence-electron chi connectivity index (χ3n) is 5.23. The summed E-state index contributed by atoms with van der Waals surface area (Å²) in [6, 6.07) is 12.3. The Labute approximate surface area is 198 Å². The van der Waals surface area contributed by atoms with Gasteiger partial charge in [-0.3, -0.25) is 9.59 Å². The summed E-state index contributed by atoms with van der Waals surface area (Å²) in [6.45, 7) is 2.29. The Bertz CT molecular complexity index is 1150. The number of aromatic nitrogens is 1. The van der Waals surface area contributed by atoms with Crippen molar-refractivity contribution in [2.75, 3.05) is 26.3 Å². The van der Waals surface area contributed by atoms with Crippen molar-refractivity contribution in [3.8, 4) is 17.2 Å². The number of oxazole rings is 1. The Morgan fingerprint density at radius 3 is 2.31 bits per heavy atom. The van der Waals surface area contributed by atoms with E-state index < -0.39 is 6.36 Å². The molecule has 1 aliphatic heterocycles. The molecule has 0 saturated carbocycles. The lowest BCUT2D eigenvalue weighted by atomic mass is 10.1. The van der Waals surface area contributed by atoms with E-state index in [4.69, 9.17) is 9.15 Å².